The van der Waals surface area contributed by atoms with Crippen molar-refractivity contribution in [2.24, 2.45) is 0 Å². The fourth-order valence-electron chi connectivity index (χ4n) is 4.14. The van der Waals surface area contributed by atoms with Gasteiger partial charge in [-0.15, -0.1) is 0 Å². The zero-order valence-electron chi connectivity index (χ0n) is 21.3. The Morgan fingerprint density at radius 3 is 2.32 bits per heavy atom. The van der Waals surface area contributed by atoms with Gasteiger partial charge in [-0.2, -0.15) is 0 Å². The van der Waals surface area contributed by atoms with Gasteiger partial charge in [-0.3, -0.25) is 4.72 Å². The Morgan fingerprint density at radius 2 is 1.62 bits per heavy atom. The fraction of sp³-hybridized carbons (Fsp3) is 0.233. The van der Waals surface area contributed by atoms with Gasteiger partial charge in [0.25, 0.3) is 10.0 Å². The molecule has 0 aliphatic carbocycles. The third-order valence-corrected chi connectivity index (χ3v) is 7.49. The van der Waals surface area contributed by atoms with Gasteiger partial charge in [-0.1, -0.05) is 55.8 Å². The SMILES string of the molecule is CCCCOc1ccc(S(=O)(=O)Nc2cc(-c3ccc(C)c4ccccc34)ccc2C(=O)OCC)cc1. The molecule has 0 radical (unpaired) electrons. The third kappa shape index (κ3) is 5.94. The highest BCUT2D eigenvalue weighted by Crippen LogP contribution is 2.34. The maximum Gasteiger partial charge on any atom is 0.340 e. The molecule has 0 amide bonds. The van der Waals surface area contributed by atoms with Crippen molar-refractivity contribution in [3.8, 4) is 16.9 Å². The molecule has 0 unspecified atom stereocenters. The van der Waals surface area contributed by atoms with Crippen molar-refractivity contribution < 1.29 is 22.7 Å². The highest BCUT2D eigenvalue weighted by Gasteiger charge is 2.21. The molecule has 6 nitrogen and oxygen atoms in total. The smallest absolute Gasteiger partial charge is 0.340 e. The second kappa shape index (κ2) is 11.5. The number of rotatable bonds is 10. The minimum Gasteiger partial charge on any atom is -0.494 e. The van der Waals surface area contributed by atoms with E-state index >= 15 is 0 Å². The number of fused-ring (bicyclic) bond motifs is 1. The quantitative estimate of drug-likeness (QED) is 0.181. The molecule has 0 fully saturated rings. The van der Waals surface area contributed by atoms with Gasteiger partial charge in [-0.05, 0) is 84.1 Å². The topological polar surface area (TPSA) is 81.7 Å². The highest BCUT2D eigenvalue weighted by molar-refractivity contribution is 7.92. The van der Waals surface area contributed by atoms with Gasteiger partial charge in [0, 0.05) is 0 Å². The summed E-state index contributed by atoms with van der Waals surface area (Å²) in [6.45, 7) is 6.58. The first-order valence-electron chi connectivity index (χ1n) is 12.4. The first-order valence-corrected chi connectivity index (χ1v) is 13.9. The second-order valence-corrected chi connectivity index (χ2v) is 10.4. The number of anilines is 1. The fourth-order valence-corrected chi connectivity index (χ4v) is 5.21. The molecule has 37 heavy (non-hydrogen) atoms. The number of esters is 1. The van der Waals surface area contributed by atoms with E-state index in [2.05, 4.69) is 24.6 Å². The number of unbranched alkanes of at least 4 members (excludes halogenated alkanes) is 1. The van der Waals surface area contributed by atoms with Crippen molar-refractivity contribution in [1.82, 2.24) is 0 Å². The van der Waals surface area contributed by atoms with Gasteiger partial charge < -0.3 is 9.47 Å². The van der Waals surface area contributed by atoms with Crippen LogP contribution in [-0.2, 0) is 14.8 Å². The lowest BCUT2D eigenvalue weighted by Gasteiger charge is -2.15. The van der Waals surface area contributed by atoms with E-state index in [1.54, 1.807) is 31.2 Å². The van der Waals surface area contributed by atoms with E-state index in [1.165, 1.54) is 12.1 Å². The van der Waals surface area contributed by atoms with Crippen LogP contribution in [0.3, 0.4) is 0 Å². The van der Waals surface area contributed by atoms with Gasteiger partial charge in [0.15, 0.2) is 0 Å². The molecule has 4 aromatic rings. The predicted octanol–water partition coefficient (Wildman–Crippen LogP) is 6.97. The lowest BCUT2D eigenvalue weighted by Crippen LogP contribution is -2.16. The van der Waals surface area contributed by atoms with E-state index < -0.39 is 16.0 Å². The van der Waals surface area contributed by atoms with Crippen molar-refractivity contribution in [3.63, 3.8) is 0 Å². The summed E-state index contributed by atoms with van der Waals surface area (Å²) in [5.74, 6) is 0.00745. The van der Waals surface area contributed by atoms with Crippen LogP contribution in [0.15, 0.2) is 83.8 Å². The molecule has 7 heteroatoms. The highest BCUT2D eigenvalue weighted by atomic mass is 32.2. The largest absolute Gasteiger partial charge is 0.494 e. The number of carbonyl (C=O) groups is 1. The molecule has 4 rings (SSSR count). The van der Waals surface area contributed by atoms with E-state index in [0.717, 1.165) is 40.3 Å². The maximum absolute atomic E-state index is 13.3. The lowest BCUT2D eigenvalue weighted by atomic mass is 9.94. The number of benzene rings is 4. The number of hydrogen-bond acceptors (Lipinski definition) is 5. The van der Waals surface area contributed by atoms with Crippen LogP contribution in [-0.4, -0.2) is 27.6 Å². The summed E-state index contributed by atoms with van der Waals surface area (Å²) in [5, 5.41) is 2.15. The zero-order valence-corrected chi connectivity index (χ0v) is 22.1. The Bertz CT molecular complexity index is 1510. The van der Waals surface area contributed by atoms with Crippen LogP contribution in [0.4, 0.5) is 5.69 Å². The first kappa shape index (κ1) is 26.2. The molecule has 0 saturated carbocycles. The molecule has 0 bridgehead atoms. The number of hydrogen-bond donors (Lipinski definition) is 1. The second-order valence-electron chi connectivity index (χ2n) is 8.74. The van der Waals surface area contributed by atoms with Crippen LogP contribution in [0.1, 0.15) is 42.6 Å². The molecule has 0 aliphatic heterocycles. The molecule has 0 atom stereocenters. The van der Waals surface area contributed by atoms with E-state index in [4.69, 9.17) is 9.47 Å². The Labute approximate surface area is 218 Å². The Hall–Kier alpha value is -3.84. The Morgan fingerprint density at radius 1 is 0.892 bits per heavy atom. The summed E-state index contributed by atoms with van der Waals surface area (Å²) >= 11 is 0. The molecule has 192 valence electrons. The van der Waals surface area contributed by atoms with Crippen molar-refractivity contribution in [3.05, 3.63) is 90.0 Å². The van der Waals surface area contributed by atoms with Gasteiger partial charge in [0.1, 0.15) is 5.75 Å². The molecule has 0 heterocycles. The van der Waals surface area contributed by atoms with Crippen LogP contribution in [0.5, 0.6) is 5.75 Å². The van der Waals surface area contributed by atoms with Crippen molar-refractivity contribution >= 4 is 32.5 Å². The monoisotopic (exact) mass is 517 g/mol. The minimum atomic E-state index is -3.99. The molecular weight excluding hydrogens is 486 g/mol. The van der Waals surface area contributed by atoms with Gasteiger partial charge in [0.05, 0.1) is 29.4 Å². The maximum atomic E-state index is 13.3. The Kier molecular flexibility index (Phi) is 8.14. The van der Waals surface area contributed by atoms with E-state index in [1.807, 2.05) is 36.4 Å². The molecule has 0 spiro atoms. The van der Waals surface area contributed by atoms with Crippen LogP contribution < -0.4 is 9.46 Å². The molecule has 0 aliphatic rings. The number of ether oxygens (including phenoxy) is 2. The predicted molar refractivity (Wildman–Crippen MR) is 148 cm³/mol. The first-order chi connectivity index (χ1) is 17.8. The standard InChI is InChI=1S/C30H31NO5S/c1-4-6-19-36-23-13-15-24(16-14-23)37(33,34)31-29-20-22(12-18-28(29)30(32)35-5-2)26-17-11-21(3)25-9-7-8-10-27(25)26/h7-18,20,31H,4-6,19H2,1-3H3. The number of sulfonamides is 1. The Balaban J connectivity index is 1.73. The molecule has 4 aromatic carbocycles. The molecule has 0 aromatic heterocycles. The molecule has 1 N–H and O–H groups in total. The van der Waals surface area contributed by atoms with Crippen molar-refractivity contribution in [2.45, 2.75) is 38.5 Å². The third-order valence-electron chi connectivity index (χ3n) is 6.11. The lowest BCUT2D eigenvalue weighted by molar-refractivity contribution is 0.0527. The molecular formula is C30H31NO5S. The van der Waals surface area contributed by atoms with Crippen molar-refractivity contribution in [1.29, 1.82) is 0 Å². The van der Waals surface area contributed by atoms with Crippen LogP contribution in [0.25, 0.3) is 21.9 Å². The van der Waals surface area contributed by atoms with E-state index in [0.29, 0.717) is 12.4 Å². The van der Waals surface area contributed by atoms with Crippen molar-refractivity contribution in [2.75, 3.05) is 17.9 Å². The zero-order chi connectivity index (χ0) is 26.4. The van der Waals surface area contributed by atoms with Crippen LogP contribution in [0.2, 0.25) is 0 Å². The summed E-state index contributed by atoms with van der Waals surface area (Å²) < 4.78 is 40.1. The average Bonchev–Trinajstić information content (AvgIpc) is 2.89. The summed E-state index contributed by atoms with van der Waals surface area (Å²) in [7, 11) is -3.99. The number of aryl methyl sites for hydroxylation is 1. The summed E-state index contributed by atoms with van der Waals surface area (Å²) in [4.78, 5) is 12.8. The van der Waals surface area contributed by atoms with Crippen LogP contribution in [0, 0.1) is 6.92 Å². The van der Waals surface area contributed by atoms with Gasteiger partial charge >= 0.3 is 5.97 Å². The van der Waals surface area contributed by atoms with E-state index in [-0.39, 0.29) is 22.8 Å². The normalized spacial score (nSPS) is 11.3. The molecule has 0 saturated heterocycles. The summed E-state index contributed by atoms with van der Waals surface area (Å²) in [5.41, 5.74) is 3.16. The number of nitrogens with one attached hydrogen (secondary N) is 1. The number of carbonyl (C=O) groups excluding carboxylic acids is 1. The van der Waals surface area contributed by atoms with Gasteiger partial charge in [0.2, 0.25) is 0 Å². The summed E-state index contributed by atoms with van der Waals surface area (Å²) in [6.07, 6.45) is 1.93. The average molecular weight is 518 g/mol. The van der Waals surface area contributed by atoms with Gasteiger partial charge in [-0.25, -0.2) is 13.2 Å². The van der Waals surface area contributed by atoms with Crippen LogP contribution >= 0.6 is 0 Å². The minimum absolute atomic E-state index is 0.0661. The summed E-state index contributed by atoms with van der Waals surface area (Å²) in [6, 6.07) is 23.4. The van der Waals surface area contributed by atoms with E-state index in [9.17, 15) is 13.2 Å².